The molecule has 4 nitrogen and oxygen atoms in total. The summed E-state index contributed by atoms with van der Waals surface area (Å²) < 4.78 is 4.98. The van der Waals surface area contributed by atoms with E-state index >= 15 is 0 Å². The molecule has 0 saturated heterocycles. The molecule has 1 N–H and O–H groups in total. The molecular weight excluding hydrogens is 192 g/mol. The van der Waals surface area contributed by atoms with Crippen LogP contribution < -0.4 is 10.1 Å². The van der Waals surface area contributed by atoms with Crippen molar-refractivity contribution in [2.24, 2.45) is 0 Å². The Morgan fingerprint density at radius 2 is 2.40 bits per heavy atom. The van der Waals surface area contributed by atoms with Crippen molar-refractivity contribution in [1.82, 2.24) is 10.3 Å². The minimum absolute atomic E-state index is 0.0395. The molecule has 4 heteroatoms. The van der Waals surface area contributed by atoms with Crippen LogP contribution in [0.4, 0.5) is 0 Å². The van der Waals surface area contributed by atoms with E-state index in [2.05, 4.69) is 10.3 Å². The molecule has 1 amide bonds. The number of hydrogen-bond donors (Lipinski definition) is 1. The van der Waals surface area contributed by atoms with Crippen molar-refractivity contribution in [2.75, 3.05) is 13.7 Å². The SMILES string of the molecule is COc1ccc(C=CCNC(C)=O)nc1. The molecule has 1 aromatic heterocycles. The van der Waals surface area contributed by atoms with Crippen LogP contribution in [0.25, 0.3) is 6.08 Å². The first kappa shape index (κ1) is 11.2. The number of nitrogens with zero attached hydrogens (tertiary/aromatic N) is 1. The van der Waals surface area contributed by atoms with E-state index in [1.807, 2.05) is 24.3 Å². The molecule has 0 aromatic carbocycles. The zero-order valence-electron chi connectivity index (χ0n) is 8.86. The van der Waals surface area contributed by atoms with E-state index in [0.29, 0.717) is 6.54 Å². The van der Waals surface area contributed by atoms with Gasteiger partial charge in [-0.2, -0.15) is 0 Å². The quantitative estimate of drug-likeness (QED) is 0.806. The number of ether oxygens (including phenoxy) is 1. The summed E-state index contributed by atoms with van der Waals surface area (Å²) in [5.74, 6) is 0.691. The Labute approximate surface area is 89.0 Å². The van der Waals surface area contributed by atoms with E-state index in [4.69, 9.17) is 4.74 Å². The fourth-order valence-corrected chi connectivity index (χ4v) is 0.993. The van der Waals surface area contributed by atoms with Crippen LogP contribution in [0.5, 0.6) is 5.75 Å². The van der Waals surface area contributed by atoms with Gasteiger partial charge in [0.15, 0.2) is 0 Å². The molecule has 0 aliphatic carbocycles. The topological polar surface area (TPSA) is 51.2 Å². The van der Waals surface area contributed by atoms with E-state index in [-0.39, 0.29) is 5.91 Å². The van der Waals surface area contributed by atoms with Gasteiger partial charge < -0.3 is 10.1 Å². The fourth-order valence-electron chi connectivity index (χ4n) is 0.993. The third kappa shape index (κ3) is 4.26. The highest BCUT2D eigenvalue weighted by molar-refractivity contribution is 5.73. The Hall–Kier alpha value is -1.84. The largest absolute Gasteiger partial charge is 0.495 e. The molecule has 0 aliphatic rings. The molecule has 0 saturated carbocycles. The van der Waals surface area contributed by atoms with Crippen LogP contribution >= 0.6 is 0 Å². The molecule has 15 heavy (non-hydrogen) atoms. The summed E-state index contributed by atoms with van der Waals surface area (Å²) in [6, 6.07) is 3.69. The number of rotatable bonds is 4. The van der Waals surface area contributed by atoms with Gasteiger partial charge in [-0.05, 0) is 18.2 Å². The van der Waals surface area contributed by atoms with Crippen molar-refractivity contribution < 1.29 is 9.53 Å². The summed E-state index contributed by atoms with van der Waals surface area (Å²) in [5.41, 5.74) is 0.834. The first-order chi connectivity index (χ1) is 7.22. The van der Waals surface area contributed by atoms with Crippen molar-refractivity contribution in [3.63, 3.8) is 0 Å². The highest BCUT2D eigenvalue weighted by Gasteiger charge is 1.91. The lowest BCUT2D eigenvalue weighted by Crippen LogP contribution is -2.19. The van der Waals surface area contributed by atoms with Crippen LogP contribution in [0.3, 0.4) is 0 Å². The molecule has 0 unspecified atom stereocenters. The van der Waals surface area contributed by atoms with Crippen molar-refractivity contribution >= 4 is 12.0 Å². The van der Waals surface area contributed by atoms with Gasteiger partial charge in [-0.1, -0.05) is 6.08 Å². The maximum atomic E-state index is 10.6. The van der Waals surface area contributed by atoms with Gasteiger partial charge in [0.1, 0.15) is 5.75 Å². The normalized spacial score (nSPS) is 10.3. The van der Waals surface area contributed by atoms with E-state index in [1.165, 1.54) is 6.92 Å². The van der Waals surface area contributed by atoms with Gasteiger partial charge in [-0.3, -0.25) is 9.78 Å². The highest BCUT2D eigenvalue weighted by atomic mass is 16.5. The Bertz CT molecular complexity index is 344. The summed E-state index contributed by atoms with van der Waals surface area (Å²) in [6.45, 7) is 2.00. The maximum Gasteiger partial charge on any atom is 0.217 e. The van der Waals surface area contributed by atoms with E-state index in [0.717, 1.165) is 11.4 Å². The zero-order valence-corrected chi connectivity index (χ0v) is 8.86. The average Bonchev–Trinajstić information content (AvgIpc) is 2.25. The minimum Gasteiger partial charge on any atom is -0.495 e. The van der Waals surface area contributed by atoms with Gasteiger partial charge in [0, 0.05) is 13.5 Å². The maximum absolute atomic E-state index is 10.6. The molecule has 0 spiro atoms. The Balaban J connectivity index is 2.46. The number of methoxy groups -OCH3 is 1. The molecule has 1 rings (SSSR count). The van der Waals surface area contributed by atoms with Gasteiger partial charge in [-0.15, -0.1) is 0 Å². The van der Waals surface area contributed by atoms with E-state index < -0.39 is 0 Å². The third-order valence-electron chi connectivity index (χ3n) is 1.75. The Morgan fingerprint density at radius 1 is 1.60 bits per heavy atom. The minimum atomic E-state index is -0.0395. The monoisotopic (exact) mass is 206 g/mol. The van der Waals surface area contributed by atoms with Gasteiger partial charge >= 0.3 is 0 Å². The second-order valence-electron chi connectivity index (χ2n) is 2.96. The first-order valence-electron chi connectivity index (χ1n) is 4.63. The van der Waals surface area contributed by atoms with Crippen molar-refractivity contribution in [3.05, 3.63) is 30.1 Å². The number of pyridine rings is 1. The standard InChI is InChI=1S/C11H14N2O2/c1-9(14)12-7-3-4-10-5-6-11(15-2)8-13-10/h3-6,8H,7H2,1-2H3,(H,12,14). The van der Waals surface area contributed by atoms with E-state index in [1.54, 1.807) is 13.3 Å². The second kappa shape index (κ2) is 5.80. The lowest BCUT2D eigenvalue weighted by atomic mass is 10.3. The van der Waals surface area contributed by atoms with Gasteiger partial charge in [0.2, 0.25) is 5.91 Å². The Morgan fingerprint density at radius 3 is 2.93 bits per heavy atom. The summed E-state index contributed by atoms with van der Waals surface area (Å²) >= 11 is 0. The van der Waals surface area contributed by atoms with Crippen molar-refractivity contribution in [1.29, 1.82) is 0 Å². The van der Waals surface area contributed by atoms with Crippen LogP contribution in [-0.2, 0) is 4.79 Å². The molecule has 1 aromatic rings. The van der Waals surface area contributed by atoms with Crippen LogP contribution in [-0.4, -0.2) is 24.5 Å². The van der Waals surface area contributed by atoms with Gasteiger partial charge in [0.25, 0.3) is 0 Å². The molecule has 0 aliphatic heterocycles. The highest BCUT2D eigenvalue weighted by Crippen LogP contribution is 2.08. The number of hydrogen-bond acceptors (Lipinski definition) is 3. The number of carbonyl (C=O) groups is 1. The van der Waals surface area contributed by atoms with Crippen molar-refractivity contribution in [2.45, 2.75) is 6.92 Å². The van der Waals surface area contributed by atoms with Crippen LogP contribution in [0.1, 0.15) is 12.6 Å². The first-order valence-corrected chi connectivity index (χ1v) is 4.63. The average molecular weight is 206 g/mol. The van der Waals surface area contributed by atoms with Gasteiger partial charge in [0.05, 0.1) is 19.0 Å². The predicted molar refractivity (Wildman–Crippen MR) is 58.5 cm³/mol. The Kier molecular flexibility index (Phi) is 4.34. The molecule has 0 bridgehead atoms. The van der Waals surface area contributed by atoms with Crippen LogP contribution in [0.2, 0.25) is 0 Å². The molecule has 0 atom stereocenters. The van der Waals surface area contributed by atoms with E-state index in [9.17, 15) is 4.79 Å². The summed E-state index contributed by atoms with van der Waals surface area (Å²) in [6.07, 6.45) is 5.34. The molecule has 80 valence electrons. The summed E-state index contributed by atoms with van der Waals surface area (Å²) in [5, 5.41) is 2.66. The van der Waals surface area contributed by atoms with Gasteiger partial charge in [-0.25, -0.2) is 0 Å². The smallest absolute Gasteiger partial charge is 0.217 e. The molecular formula is C11H14N2O2. The second-order valence-corrected chi connectivity index (χ2v) is 2.96. The lowest BCUT2D eigenvalue weighted by molar-refractivity contribution is -0.118. The van der Waals surface area contributed by atoms with Crippen LogP contribution in [0, 0.1) is 0 Å². The summed E-state index contributed by atoms with van der Waals surface area (Å²) in [7, 11) is 1.60. The molecule has 1 heterocycles. The zero-order chi connectivity index (χ0) is 11.1. The molecule has 0 fully saturated rings. The summed E-state index contributed by atoms with van der Waals surface area (Å²) in [4.78, 5) is 14.7. The van der Waals surface area contributed by atoms with Crippen molar-refractivity contribution in [3.8, 4) is 5.75 Å². The fraction of sp³-hybridized carbons (Fsp3) is 0.273. The van der Waals surface area contributed by atoms with Crippen LogP contribution in [0.15, 0.2) is 24.4 Å². The predicted octanol–water partition coefficient (Wildman–Crippen LogP) is 1.24. The third-order valence-corrected chi connectivity index (χ3v) is 1.75. The molecule has 0 radical (unpaired) electrons. The number of aromatic nitrogens is 1. The number of amides is 1. The lowest BCUT2D eigenvalue weighted by Gasteiger charge is -1.98. The number of nitrogens with one attached hydrogen (secondary N) is 1. The number of carbonyl (C=O) groups excluding carboxylic acids is 1.